The van der Waals surface area contributed by atoms with Crippen molar-refractivity contribution in [1.82, 2.24) is 19.9 Å². The van der Waals surface area contributed by atoms with Crippen molar-refractivity contribution in [2.45, 2.75) is 44.2 Å². The van der Waals surface area contributed by atoms with Crippen molar-refractivity contribution >= 4 is 16.9 Å². The van der Waals surface area contributed by atoms with E-state index in [0.29, 0.717) is 6.04 Å². The van der Waals surface area contributed by atoms with Gasteiger partial charge in [0.25, 0.3) is 0 Å². The Hall–Kier alpha value is -1.88. The molecule has 0 spiro atoms. The van der Waals surface area contributed by atoms with E-state index in [1.165, 1.54) is 32.1 Å². The quantitative estimate of drug-likeness (QED) is 0.863. The Kier molecular flexibility index (Phi) is 4.04. The Balaban J connectivity index is 1.53. The highest BCUT2D eigenvalue weighted by atomic mass is 15.3. The van der Waals surface area contributed by atoms with Crippen LogP contribution in [0, 0.1) is 0 Å². The van der Waals surface area contributed by atoms with Gasteiger partial charge in [-0.3, -0.25) is 4.90 Å². The van der Waals surface area contributed by atoms with Crippen molar-refractivity contribution in [2.75, 3.05) is 24.5 Å². The zero-order valence-electron chi connectivity index (χ0n) is 13.6. The van der Waals surface area contributed by atoms with E-state index in [-0.39, 0.29) is 0 Å². The van der Waals surface area contributed by atoms with Crippen LogP contribution in [-0.2, 0) is 0 Å². The van der Waals surface area contributed by atoms with Crippen molar-refractivity contribution < 1.29 is 0 Å². The summed E-state index contributed by atoms with van der Waals surface area (Å²) in [6, 6.07) is 3.44. The van der Waals surface area contributed by atoms with Gasteiger partial charge in [0.15, 0.2) is 0 Å². The maximum absolute atomic E-state index is 4.55. The van der Waals surface area contributed by atoms with Gasteiger partial charge in [0, 0.05) is 37.9 Å². The van der Waals surface area contributed by atoms with E-state index >= 15 is 0 Å². The maximum atomic E-state index is 4.55. The van der Waals surface area contributed by atoms with Crippen molar-refractivity contribution in [3.63, 3.8) is 0 Å². The van der Waals surface area contributed by atoms with Gasteiger partial charge in [0.2, 0.25) is 0 Å². The number of nitrogens with one attached hydrogen (secondary N) is 1. The Morgan fingerprint density at radius 1 is 1.26 bits per heavy atom. The van der Waals surface area contributed by atoms with Crippen LogP contribution in [0.2, 0.25) is 0 Å². The summed E-state index contributed by atoms with van der Waals surface area (Å²) in [5.41, 5.74) is 0.928. The number of aromatic nitrogens is 3. The molecule has 2 fully saturated rings. The first-order valence-corrected chi connectivity index (χ1v) is 8.76. The van der Waals surface area contributed by atoms with Crippen molar-refractivity contribution in [3.05, 3.63) is 31.2 Å². The number of fused-ring (bicyclic) bond motifs is 1. The molecular weight excluding hydrogens is 286 g/mol. The number of hydrogen-bond donors (Lipinski definition) is 1. The molecule has 1 saturated heterocycles. The van der Waals surface area contributed by atoms with Gasteiger partial charge in [-0.05, 0) is 25.3 Å². The summed E-state index contributed by atoms with van der Waals surface area (Å²) in [6.45, 7) is 7.11. The Bertz CT molecular complexity index is 673. The molecular formula is C18H25N5. The lowest BCUT2D eigenvalue weighted by molar-refractivity contribution is 0.164. The van der Waals surface area contributed by atoms with Gasteiger partial charge in [-0.15, -0.1) is 6.58 Å². The van der Waals surface area contributed by atoms with Crippen LogP contribution in [0.4, 0.5) is 5.82 Å². The number of nitrogens with zero attached hydrogens (tertiary/aromatic N) is 4. The monoisotopic (exact) mass is 311 g/mol. The van der Waals surface area contributed by atoms with E-state index in [0.717, 1.165) is 42.5 Å². The minimum Gasteiger partial charge on any atom is -0.354 e. The largest absolute Gasteiger partial charge is 0.354 e. The fourth-order valence-corrected chi connectivity index (χ4v) is 4.30. The zero-order chi connectivity index (χ0) is 15.6. The van der Waals surface area contributed by atoms with Gasteiger partial charge < -0.3 is 9.88 Å². The molecule has 0 radical (unpaired) electrons. The van der Waals surface area contributed by atoms with E-state index < -0.39 is 0 Å². The van der Waals surface area contributed by atoms with Crippen LogP contribution in [0.3, 0.4) is 0 Å². The molecule has 4 rings (SSSR count). The summed E-state index contributed by atoms with van der Waals surface area (Å²) in [6.07, 6.45) is 12.3. The lowest BCUT2D eigenvalue weighted by atomic mass is 10.1. The number of hydrogen-bond acceptors (Lipinski definition) is 4. The normalized spacial score (nSPS) is 22.5. The van der Waals surface area contributed by atoms with E-state index in [4.69, 9.17) is 0 Å². The van der Waals surface area contributed by atoms with E-state index in [9.17, 15) is 0 Å². The average molecular weight is 311 g/mol. The zero-order valence-corrected chi connectivity index (χ0v) is 13.6. The van der Waals surface area contributed by atoms with Crippen LogP contribution in [0.25, 0.3) is 11.0 Å². The molecule has 3 heterocycles. The Morgan fingerprint density at radius 3 is 2.96 bits per heavy atom. The van der Waals surface area contributed by atoms with Crippen LogP contribution >= 0.6 is 0 Å². The van der Waals surface area contributed by atoms with Crippen LogP contribution in [-0.4, -0.2) is 51.6 Å². The fraction of sp³-hybridized carbons (Fsp3) is 0.556. The maximum Gasteiger partial charge on any atom is 0.142 e. The second-order valence-corrected chi connectivity index (χ2v) is 6.75. The predicted molar refractivity (Wildman–Crippen MR) is 93.7 cm³/mol. The first-order valence-electron chi connectivity index (χ1n) is 8.76. The highest BCUT2D eigenvalue weighted by Crippen LogP contribution is 2.31. The van der Waals surface area contributed by atoms with Crippen LogP contribution < -0.4 is 4.90 Å². The smallest absolute Gasteiger partial charge is 0.142 e. The van der Waals surface area contributed by atoms with Gasteiger partial charge >= 0.3 is 0 Å². The molecule has 0 bridgehead atoms. The number of rotatable bonds is 5. The molecule has 1 N–H and O–H groups in total. The molecule has 5 nitrogen and oxygen atoms in total. The second-order valence-electron chi connectivity index (χ2n) is 6.75. The Morgan fingerprint density at radius 2 is 2.13 bits per heavy atom. The average Bonchev–Trinajstić information content (AvgIpc) is 3.32. The number of anilines is 1. The minimum absolute atomic E-state index is 0.611. The van der Waals surface area contributed by atoms with Gasteiger partial charge in [-0.1, -0.05) is 18.9 Å². The third kappa shape index (κ3) is 2.74. The van der Waals surface area contributed by atoms with Crippen molar-refractivity contribution in [2.24, 2.45) is 0 Å². The van der Waals surface area contributed by atoms with Crippen LogP contribution in [0.5, 0.6) is 0 Å². The van der Waals surface area contributed by atoms with E-state index in [1.54, 1.807) is 6.33 Å². The lowest BCUT2D eigenvalue weighted by Crippen LogP contribution is -2.43. The SMILES string of the molecule is C=CCN(C1CCCC1)[C@@H]1CCN(c2ncnc3[nH]ccc23)C1. The molecule has 0 unspecified atom stereocenters. The molecule has 122 valence electrons. The highest BCUT2D eigenvalue weighted by molar-refractivity contribution is 5.87. The molecule has 0 aromatic carbocycles. The molecule has 0 amide bonds. The molecule has 1 aliphatic heterocycles. The first-order chi connectivity index (χ1) is 11.4. The molecule has 5 heteroatoms. The standard InChI is InChI=1S/C18H25N5/c1-2-10-23(14-5-3-4-6-14)15-8-11-22(12-15)18-16-7-9-19-17(16)20-13-21-18/h2,7,9,13-15H,1,3-6,8,10-12H2,(H,19,20,21)/t15-/m1/s1. The van der Waals surface area contributed by atoms with Gasteiger partial charge in [0.1, 0.15) is 17.8 Å². The molecule has 2 aromatic heterocycles. The molecule has 2 aromatic rings. The van der Waals surface area contributed by atoms with E-state index in [2.05, 4.69) is 43.5 Å². The number of aromatic amines is 1. The molecule has 2 aliphatic rings. The summed E-state index contributed by atoms with van der Waals surface area (Å²) in [7, 11) is 0. The van der Waals surface area contributed by atoms with Gasteiger partial charge in [0.05, 0.1) is 5.39 Å². The molecule has 1 saturated carbocycles. The van der Waals surface area contributed by atoms with E-state index in [1.807, 2.05) is 6.20 Å². The third-order valence-corrected chi connectivity index (χ3v) is 5.40. The van der Waals surface area contributed by atoms with Crippen LogP contribution in [0.15, 0.2) is 31.2 Å². The summed E-state index contributed by atoms with van der Waals surface area (Å²) < 4.78 is 0. The predicted octanol–water partition coefficient (Wildman–Crippen LogP) is 2.97. The summed E-state index contributed by atoms with van der Waals surface area (Å²) in [4.78, 5) is 17.2. The summed E-state index contributed by atoms with van der Waals surface area (Å²) in [5.74, 6) is 1.07. The topological polar surface area (TPSA) is 48.1 Å². The second kappa shape index (κ2) is 6.32. The van der Waals surface area contributed by atoms with Gasteiger partial charge in [-0.25, -0.2) is 9.97 Å². The van der Waals surface area contributed by atoms with Crippen molar-refractivity contribution in [3.8, 4) is 0 Å². The summed E-state index contributed by atoms with van der Waals surface area (Å²) in [5, 5.41) is 1.13. The van der Waals surface area contributed by atoms with Gasteiger partial charge in [-0.2, -0.15) is 0 Å². The fourth-order valence-electron chi connectivity index (χ4n) is 4.30. The highest BCUT2D eigenvalue weighted by Gasteiger charge is 2.33. The minimum atomic E-state index is 0.611. The molecule has 1 aliphatic carbocycles. The number of H-pyrrole nitrogens is 1. The molecule has 23 heavy (non-hydrogen) atoms. The third-order valence-electron chi connectivity index (χ3n) is 5.40. The molecule has 1 atom stereocenters. The summed E-state index contributed by atoms with van der Waals surface area (Å²) >= 11 is 0. The first kappa shape index (κ1) is 14.7. The van der Waals surface area contributed by atoms with Crippen LogP contribution in [0.1, 0.15) is 32.1 Å². The lowest BCUT2D eigenvalue weighted by Gasteiger charge is -2.33. The van der Waals surface area contributed by atoms with Crippen molar-refractivity contribution in [1.29, 1.82) is 0 Å². The Labute approximate surface area is 137 Å².